The van der Waals surface area contributed by atoms with Crippen LogP contribution in [0.4, 0.5) is 6.01 Å². The Kier molecular flexibility index (Phi) is 4.15. The second-order valence-corrected chi connectivity index (χ2v) is 4.35. The van der Waals surface area contributed by atoms with Crippen LogP contribution in [0.25, 0.3) is 11.8 Å². The number of nitrogens with one attached hydrogen (secondary N) is 1. The van der Waals surface area contributed by atoms with E-state index in [1.54, 1.807) is 6.08 Å². The van der Waals surface area contributed by atoms with E-state index in [-0.39, 0.29) is 17.8 Å². The van der Waals surface area contributed by atoms with E-state index in [4.69, 9.17) is 13.9 Å². The van der Waals surface area contributed by atoms with Gasteiger partial charge in [-0.05, 0) is 11.6 Å². The summed E-state index contributed by atoms with van der Waals surface area (Å²) >= 11 is 0. The molecule has 1 aromatic carbocycles. The van der Waals surface area contributed by atoms with E-state index in [1.165, 1.54) is 12.3 Å². The number of hydrogen-bond donors (Lipinski definition) is 1. The van der Waals surface area contributed by atoms with E-state index in [2.05, 4.69) is 15.5 Å². The van der Waals surface area contributed by atoms with Gasteiger partial charge in [0.1, 0.15) is 19.5 Å². The fraction of sp³-hybridized carbons (Fsp3) is 0.133. The molecule has 1 amide bonds. The van der Waals surface area contributed by atoms with Crippen LogP contribution in [0.2, 0.25) is 0 Å². The van der Waals surface area contributed by atoms with Gasteiger partial charge in [0.05, 0.1) is 0 Å². The Hall–Kier alpha value is -3.09. The predicted molar refractivity (Wildman–Crippen MR) is 78.3 cm³/mol. The van der Waals surface area contributed by atoms with Crippen molar-refractivity contribution in [3.63, 3.8) is 0 Å². The van der Waals surface area contributed by atoms with E-state index in [0.29, 0.717) is 19.0 Å². The number of carbonyl (C=O) groups is 1. The third-order valence-electron chi connectivity index (χ3n) is 2.74. The van der Waals surface area contributed by atoms with Crippen LogP contribution in [0, 0.1) is 0 Å². The average molecular weight is 299 g/mol. The van der Waals surface area contributed by atoms with Crippen LogP contribution in [0.1, 0.15) is 11.5 Å². The van der Waals surface area contributed by atoms with E-state index < -0.39 is 0 Å². The largest absolute Gasteiger partial charge is 0.494 e. The highest BCUT2D eigenvalue weighted by Gasteiger charge is 2.16. The third kappa shape index (κ3) is 3.51. The molecule has 7 heteroatoms. The molecule has 0 unspecified atom stereocenters. The molecule has 0 saturated carbocycles. The number of ether oxygens (including phenoxy) is 2. The van der Waals surface area contributed by atoms with E-state index in [0.717, 1.165) is 5.56 Å². The number of hydrogen-bond acceptors (Lipinski definition) is 6. The van der Waals surface area contributed by atoms with Gasteiger partial charge in [-0.15, -0.1) is 5.10 Å². The highest BCUT2D eigenvalue weighted by molar-refractivity contribution is 6.00. The number of amides is 1. The molecule has 112 valence electrons. The van der Waals surface area contributed by atoms with Crippen molar-refractivity contribution >= 4 is 23.8 Å². The van der Waals surface area contributed by atoms with Crippen molar-refractivity contribution in [1.82, 2.24) is 10.2 Å². The number of nitrogens with zero attached hydrogens (tertiary/aromatic N) is 2. The molecule has 0 aliphatic carbocycles. The summed E-state index contributed by atoms with van der Waals surface area (Å²) < 4.78 is 15.7. The van der Waals surface area contributed by atoms with Crippen molar-refractivity contribution in [2.45, 2.75) is 0 Å². The standard InChI is InChI=1S/C15H13N3O4/c19-13(7-6-11-4-2-1-3-5-11)16-15-18-17-14(22-15)12-10-20-8-9-21-12/h1-7,10H,8-9H2,(H,16,18,19). The Bertz CT molecular complexity index is 707. The molecule has 1 aliphatic rings. The molecule has 3 rings (SSSR count). The maximum absolute atomic E-state index is 11.8. The first kappa shape index (κ1) is 13.9. The summed E-state index contributed by atoms with van der Waals surface area (Å²) in [4.78, 5) is 11.8. The lowest BCUT2D eigenvalue weighted by Gasteiger charge is -2.11. The van der Waals surface area contributed by atoms with Crippen molar-refractivity contribution in [3.05, 3.63) is 54.1 Å². The summed E-state index contributed by atoms with van der Waals surface area (Å²) in [6, 6.07) is 9.46. The molecule has 0 radical (unpaired) electrons. The molecule has 1 N–H and O–H groups in total. The Labute approximate surface area is 126 Å². The predicted octanol–water partition coefficient (Wildman–Crippen LogP) is 2.07. The minimum atomic E-state index is -0.367. The quantitative estimate of drug-likeness (QED) is 0.870. The normalized spacial score (nSPS) is 14.1. The SMILES string of the molecule is O=C(C=Cc1ccccc1)Nc1nnc(C2=COCCO2)o1. The van der Waals surface area contributed by atoms with Crippen molar-refractivity contribution in [3.8, 4) is 0 Å². The van der Waals surface area contributed by atoms with E-state index >= 15 is 0 Å². The Morgan fingerprint density at radius 1 is 1.18 bits per heavy atom. The number of benzene rings is 1. The van der Waals surface area contributed by atoms with Gasteiger partial charge in [-0.1, -0.05) is 35.4 Å². The first-order valence-corrected chi connectivity index (χ1v) is 6.64. The van der Waals surface area contributed by atoms with Gasteiger partial charge in [0, 0.05) is 6.08 Å². The minimum Gasteiger partial charge on any atom is -0.494 e. The van der Waals surface area contributed by atoms with Crippen LogP contribution in [0.5, 0.6) is 0 Å². The molecule has 1 aliphatic heterocycles. The van der Waals surface area contributed by atoms with Gasteiger partial charge in [-0.25, -0.2) is 0 Å². The third-order valence-corrected chi connectivity index (χ3v) is 2.74. The molecular weight excluding hydrogens is 286 g/mol. The van der Waals surface area contributed by atoms with Crippen molar-refractivity contribution in [1.29, 1.82) is 0 Å². The van der Waals surface area contributed by atoms with E-state index in [9.17, 15) is 4.79 Å². The molecule has 1 aromatic heterocycles. The molecule has 2 heterocycles. The number of aromatic nitrogens is 2. The van der Waals surface area contributed by atoms with Crippen LogP contribution >= 0.6 is 0 Å². The number of carbonyl (C=O) groups excluding carboxylic acids is 1. The molecule has 0 bridgehead atoms. The summed E-state index contributed by atoms with van der Waals surface area (Å²) in [6.07, 6.45) is 4.48. The maximum Gasteiger partial charge on any atom is 0.322 e. The highest BCUT2D eigenvalue weighted by Crippen LogP contribution is 2.19. The van der Waals surface area contributed by atoms with Crippen molar-refractivity contribution in [2.24, 2.45) is 0 Å². The molecule has 7 nitrogen and oxygen atoms in total. The van der Waals surface area contributed by atoms with Crippen LogP contribution in [-0.4, -0.2) is 29.3 Å². The van der Waals surface area contributed by atoms with Crippen LogP contribution < -0.4 is 5.32 Å². The van der Waals surface area contributed by atoms with Gasteiger partial charge in [-0.2, -0.15) is 0 Å². The molecule has 0 saturated heterocycles. The lowest BCUT2D eigenvalue weighted by molar-refractivity contribution is -0.112. The fourth-order valence-electron chi connectivity index (χ4n) is 1.74. The zero-order chi connectivity index (χ0) is 15.2. The lowest BCUT2D eigenvalue weighted by Crippen LogP contribution is -2.08. The highest BCUT2D eigenvalue weighted by atomic mass is 16.6. The summed E-state index contributed by atoms with van der Waals surface area (Å²) in [5.41, 5.74) is 0.918. The van der Waals surface area contributed by atoms with Gasteiger partial charge >= 0.3 is 6.01 Å². The first-order valence-electron chi connectivity index (χ1n) is 6.64. The summed E-state index contributed by atoms with van der Waals surface area (Å²) in [7, 11) is 0. The van der Waals surface area contributed by atoms with Gasteiger partial charge in [0.2, 0.25) is 5.76 Å². The second kappa shape index (κ2) is 6.57. The average Bonchev–Trinajstić information content (AvgIpc) is 3.03. The van der Waals surface area contributed by atoms with Gasteiger partial charge in [0.15, 0.2) is 0 Å². The number of rotatable bonds is 4. The number of anilines is 1. The van der Waals surface area contributed by atoms with Crippen molar-refractivity contribution < 1.29 is 18.7 Å². The summed E-state index contributed by atoms with van der Waals surface area (Å²) in [5, 5.41) is 9.99. The summed E-state index contributed by atoms with van der Waals surface area (Å²) in [5.74, 6) is 0.134. The van der Waals surface area contributed by atoms with Gasteiger partial charge < -0.3 is 13.9 Å². The monoisotopic (exact) mass is 299 g/mol. The molecule has 22 heavy (non-hydrogen) atoms. The molecule has 0 fully saturated rings. The smallest absolute Gasteiger partial charge is 0.322 e. The fourth-order valence-corrected chi connectivity index (χ4v) is 1.74. The Balaban J connectivity index is 1.61. The Morgan fingerprint density at radius 2 is 2.05 bits per heavy atom. The van der Waals surface area contributed by atoms with Crippen LogP contribution in [-0.2, 0) is 14.3 Å². The van der Waals surface area contributed by atoms with Crippen molar-refractivity contribution in [2.75, 3.05) is 18.5 Å². The topological polar surface area (TPSA) is 86.5 Å². The van der Waals surface area contributed by atoms with Gasteiger partial charge in [-0.3, -0.25) is 10.1 Å². The zero-order valence-electron chi connectivity index (χ0n) is 11.6. The second-order valence-electron chi connectivity index (χ2n) is 4.35. The zero-order valence-corrected chi connectivity index (χ0v) is 11.6. The van der Waals surface area contributed by atoms with E-state index in [1.807, 2.05) is 30.3 Å². The molecule has 0 atom stereocenters. The van der Waals surface area contributed by atoms with Crippen LogP contribution in [0.3, 0.4) is 0 Å². The Morgan fingerprint density at radius 3 is 2.82 bits per heavy atom. The minimum absolute atomic E-state index is 0.00668. The van der Waals surface area contributed by atoms with Crippen LogP contribution in [0.15, 0.2) is 47.1 Å². The van der Waals surface area contributed by atoms with Gasteiger partial charge in [0.25, 0.3) is 11.8 Å². The molecule has 0 spiro atoms. The first-order chi connectivity index (χ1) is 10.8. The molecule has 2 aromatic rings. The maximum atomic E-state index is 11.8. The molecular formula is C15H13N3O4. The lowest BCUT2D eigenvalue weighted by atomic mass is 10.2. The summed E-state index contributed by atoms with van der Waals surface area (Å²) in [6.45, 7) is 0.890.